The molecule has 1 aliphatic rings. The highest BCUT2D eigenvalue weighted by Crippen LogP contribution is 2.21. The van der Waals surface area contributed by atoms with Crippen molar-refractivity contribution in [1.82, 2.24) is 10.6 Å². The van der Waals surface area contributed by atoms with E-state index in [1.807, 2.05) is 0 Å². The lowest BCUT2D eigenvalue weighted by Gasteiger charge is -2.22. The number of amides is 2. The smallest absolute Gasteiger partial charge is 0.315 e. The van der Waals surface area contributed by atoms with Gasteiger partial charge in [-0.25, -0.2) is 13.2 Å². The predicted molar refractivity (Wildman–Crippen MR) is 84.7 cm³/mol. The Bertz CT molecular complexity index is 611. The van der Waals surface area contributed by atoms with Crippen LogP contribution in [-0.2, 0) is 10.0 Å². The molecule has 0 unspecified atom stereocenters. The average Bonchev–Trinajstić information content (AvgIpc) is 3.26. The second-order valence-electron chi connectivity index (χ2n) is 5.21. The van der Waals surface area contributed by atoms with Gasteiger partial charge in [0.15, 0.2) is 0 Å². The van der Waals surface area contributed by atoms with Gasteiger partial charge in [-0.3, -0.25) is 4.31 Å². The fourth-order valence-electron chi connectivity index (χ4n) is 1.97. The number of anilines is 1. The third kappa shape index (κ3) is 4.80. The van der Waals surface area contributed by atoms with Gasteiger partial charge in [-0.1, -0.05) is 0 Å². The zero-order chi connectivity index (χ0) is 16.2. The number of carbonyl (C=O) groups excluding carboxylic acids is 1. The zero-order valence-electron chi connectivity index (χ0n) is 12.7. The van der Waals surface area contributed by atoms with Gasteiger partial charge in [-0.2, -0.15) is 0 Å². The monoisotopic (exact) mass is 327 g/mol. The molecule has 0 saturated heterocycles. The summed E-state index contributed by atoms with van der Waals surface area (Å²) in [6, 6.07) is 6.74. The molecule has 0 bridgehead atoms. The van der Waals surface area contributed by atoms with Crippen LogP contribution in [0.15, 0.2) is 24.3 Å². The van der Waals surface area contributed by atoms with E-state index in [1.54, 1.807) is 31.4 Å². The predicted octanol–water partition coefficient (Wildman–Crippen LogP) is 0.923. The van der Waals surface area contributed by atoms with E-state index < -0.39 is 10.0 Å². The summed E-state index contributed by atoms with van der Waals surface area (Å²) < 4.78 is 30.1. The number of hydrogen-bond acceptors (Lipinski definition) is 4. The lowest BCUT2D eigenvalue weighted by atomic mass is 10.3. The van der Waals surface area contributed by atoms with Gasteiger partial charge in [0.2, 0.25) is 10.0 Å². The summed E-state index contributed by atoms with van der Waals surface area (Å²) in [7, 11) is -1.88. The van der Waals surface area contributed by atoms with Crippen LogP contribution in [0.1, 0.15) is 12.8 Å². The largest absolute Gasteiger partial charge is 0.497 e. The van der Waals surface area contributed by atoms with Gasteiger partial charge in [-0.15, -0.1) is 0 Å². The van der Waals surface area contributed by atoms with Gasteiger partial charge >= 0.3 is 6.03 Å². The Balaban J connectivity index is 1.95. The Morgan fingerprint density at radius 3 is 2.45 bits per heavy atom. The second kappa shape index (κ2) is 6.87. The number of nitrogens with zero attached hydrogens (tertiary/aromatic N) is 1. The molecule has 0 radical (unpaired) electrons. The highest BCUT2D eigenvalue weighted by atomic mass is 32.2. The number of rotatable bonds is 7. The molecule has 22 heavy (non-hydrogen) atoms. The number of benzene rings is 1. The van der Waals surface area contributed by atoms with Crippen molar-refractivity contribution >= 4 is 21.7 Å². The minimum Gasteiger partial charge on any atom is -0.497 e. The first-order valence-corrected chi connectivity index (χ1v) is 8.91. The lowest BCUT2D eigenvalue weighted by Crippen LogP contribution is -2.42. The number of carbonyl (C=O) groups is 1. The molecule has 1 aromatic rings. The van der Waals surface area contributed by atoms with Crippen molar-refractivity contribution < 1.29 is 17.9 Å². The SMILES string of the molecule is COc1ccc(N(CCNC(=O)NC2CC2)S(C)(=O)=O)cc1. The number of hydrogen-bond donors (Lipinski definition) is 2. The number of sulfonamides is 1. The molecular formula is C14H21N3O4S. The van der Waals surface area contributed by atoms with Gasteiger partial charge in [0, 0.05) is 12.6 Å². The van der Waals surface area contributed by atoms with Crippen LogP contribution in [-0.4, -0.2) is 46.9 Å². The number of ether oxygens (including phenoxy) is 1. The molecule has 1 fully saturated rings. The van der Waals surface area contributed by atoms with Gasteiger partial charge in [0.25, 0.3) is 0 Å². The molecule has 0 spiro atoms. The quantitative estimate of drug-likeness (QED) is 0.779. The molecule has 1 aliphatic carbocycles. The van der Waals surface area contributed by atoms with E-state index in [2.05, 4.69) is 10.6 Å². The molecule has 0 heterocycles. The van der Waals surface area contributed by atoms with E-state index in [4.69, 9.17) is 4.74 Å². The number of methoxy groups -OCH3 is 1. The highest BCUT2D eigenvalue weighted by molar-refractivity contribution is 7.92. The van der Waals surface area contributed by atoms with Crippen molar-refractivity contribution in [3.63, 3.8) is 0 Å². The van der Waals surface area contributed by atoms with Crippen LogP contribution in [0.5, 0.6) is 5.75 Å². The first kappa shape index (κ1) is 16.4. The summed E-state index contributed by atoms with van der Waals surface area (Å²) in [6.45, 7) is 0.404. The Hall–Kier alpha value is -1.96. The number of urea groups is 1. The van der Waals surface area contributed by atoms with E-state index in [0.717, 1.165) is 19.1 Å². The maximum atomic E-state index is 11.9. The van der Waals surface area contributed by atoms with Gasteiger partial charge in [0.1, 0.15) is 5.75 Å². The first-order chi connectivity index (χ1) is 10.4. The van der Waals surface area contributed by atoms with Crippen molar-refractivity contribution in [3.8, 4) is 5.75 Å². The van der Waals surface area contributed by atoms with Crippen LogP contribution in [0, 0.1) is 0 Å². The second-order valence-corrected chi connectivity index (χ2v) is 7.11. The third-order valence-corrected chi connectivity index (χ3v) is 4.47. The van der Waals surface area contributed by atoms with Gasteiger partial charge in [-0.05, 0) is 37.1 Å². The van der Waals surface area contributed by atoms with Crippen LogP contribution in [0.25, 0.3) is 0 Å². The zero-order valence-corrected chi connectivity index (χ0v) is 13.5. The summed E-state index contributed by atoms with van der Waals surface area (Å²) in [4.78, 5) is 11.5. The highest BCUT2D eigenvalue weighted by Gasteiger charge is 2.23. The molecule has 2 rings (SSSR count). The Kier molecular flexibility index (Phi) is 5.12. The molecule has 1 saturated carbocycles. The summed E-state index contributed by atoms with van der Waals surface area (Å²) in [5.41, 5.74) is 0.535. The average molecular weight is 327 g/mol. The maximum Gasteiger partial charge on any atom is 0.315 e. The molecule has 0 aliphatic heterocycles. The molecule has 0 atom stereocenters. The van der Waals surface area contributed by atoms with Crippen LogP contribution < -0.4 is 19.7 Å². The van der Waals surface area contributed by atoms with Crippen LogP contribution in [0.2, 0.25) is 0 Å². The van der Waals surface area contributed by atoms with Gasteiger partial charge in [0.05, 0.1) is 25.6 Å². The summed E-state index contributed by atoms with van der Waals surface area (Å²) >= 11 is 0. The fraction of sp³-hybridized carbons (Fsp3) is 0.500. The van der Waals surface area contributed by atoms with E-state index >= 15 is 0 Å². The van der Waals surface area contributed by atoms with Crippen molar-refractivity contribution in [2.45, 2.75) is 18.9 Å². The molecule has 2 N–H and O–H groups in total. The molecule has 0 aromatic heterocycles. The molecule has 122 valence electrons. The van der Waals surface area contributed by atoms with Gasteiger partial charge < -0.3 is 15.4 Å². The van der Waals surface area contributed by atoms with E-state index in [1.165, 1.54) is 4.31 Å². The lowest BCUT2D eigenvalue weighted by molar-refractivity contribution is 0.241. The molecule has 2 amide bonds. The van der Waals surface area contributed by atoms with Crippen molar-refractivity contribution in [2.75, 3.05) is 30.8 Å². The Labute approximate surface area is 130 Å². The molecule has 8 heteroatoms. The van der Waals surface area contributed by atoms with Crippen LogP contribution in [0.4, 0.5) is 10.5 Å². The molecule has 1 aromatic carbocycles. The van der Waals surface area contributed by atoms with Crippen LogP contribution in [0.3, 0.4) is 0 Å². The third-order valence-electron chi connectivity index (χ3n) is 3.27. The minimum absolute atomic E-state index is 0.170. The van der Waals surface area contributed by atoms with Crippen molar-refractivity contribution in [2.24, 2.45) is 0 Å². The van der Waals surface area contributed by atoms with E-state index in [9.17, 15) is 13.2 Å². The normalized spacial score (nSPS) is 14.3. The first-order valence-electron chi connectivity index (χ1n) is 7.06. The van der Waals surface area contributed by atoms with Crippen molar-refractivity contribution in [1.29, 1.82) is 0 Å². The fourth-order valence-corrected chi connectivity index (χ4v) is 2.90. The standard InChI is InChI=1S/C14H21N3O4S/c1-21-13-7-5-12(6-8-13)17(22(2,19)20)10-9-15-14(18)16-11-3-4-11/h5-8,11H,3-4,9-10H2,1-2H3,(H2,15,16,18). The Morgan fingerprint density at radius 2 is 1.95 bits per heavy atom. The summed E-state index contributed by atoms with van der Waals surface area (Å²) in [5.74, 6) is 0.652. The molecule has 7 nitrogen and oxygen atoms in total. The maximum absolute atomic E-state index is 11.9. The summed E-state index contributed by atoms with van der Waals surface area (Å²) in [6.07, 6.45) is 3.16. The van der Waals surface area contributed by atoms with E-state index in [-0.39, 0.29) is 25.2 Å². The molecular weight excluding hydrogens is 306 g/mol. The summed E-state index contributed by atoms with van der Waals surface area (Å²) in [5, 5.41) is 5.45. The van der Waals surface area contributed by atoms with Crippen LogP contribution >= 0.6 is 0 Å². The Morgan fingerprint density at radius 1 is 1.32 bits per heavy atom. The van der Waals surface area contributed by atoms with Crippen molar-refractivity contribution in [3.05, 3.63) is 24.3 Å². The number of nitrogens with one attached hydrogen (secondary N) is 2. The topological polar surface area (TPSA) is 87.7 Å². The minimum atomic E-state index is -3.43. The van der Waals surface area contributed by atoms with E-state index in [0.29, 0.717) is 11.4 Å².